The molecule has 0 spiro atoms. The highest BCUT2D eigenvalue weighted by Gasteiger charge is 2.11. The van der Waals surface area contributed by atoms with Gasteiger partial charge in [-0.3, -0.25) is 9.63 Å². The lowest BCUT2D eigenvalue weighted by Gasteiger charge is -2.11. The summed E-state index contributed by atoms with van der Waals surface area (Å²) in [5.41, 5.74) is 3.65. The van der Waals surface area contributed by atoms with Gasteiger partial charge in [-0.15, -0.1) is 0 Å². The van der Waals surface area contributed by atoms with Crippen LogP contribution in [0.4, 0.5) is 0 Å². The number of methoxy groups -OCH3 is 1. The van der Waals surface area contributed by atoms with Gasteiger partial charge < -0.3 is 4.74 Å². The summed E-state index contributed by atoms with van der Waals surface area (Å²) in [4.78, 5) is 16.1. The molecule has 4 nitrogen and oxygen atoms in total. The van der Waals surface area contributed by atoms with Crippen molar-refractivity contribution >= 4 is 5.97 Å². The number of carbonyl (C=O) groups excluding carboxylic acids is 1. The van der Waals surface area contributed by atoms with E-state index < -0.39 is 6.04 Å². The number of rotatable bonds is 5. The predicted octanol–water partition coefficient (Wildman–Crippen LogP) is 1.27. The van der Waals surface area contributed by atoms with Crippen LogP contribution in [0, 0.1) is 0 Å². The van der Waals surface area contributed by atoms with Crippen LogP contribution >= 0.6 is 0 Å². The molecule has 0 aliphatic heterocycles. The minimum absolute atomic E-state index is 0.344. The number of ether oxygens (including phenoxy) is 1. The molecule has 0 saturated heterocycles. The van der Waals surface area contributed by atoms with Crippen molar-refractivity contribution in [3.8, 4) is 0 Å². The Bertz CT molecular complexity index is 300. The van der Waals surface area contributed by atoms with Gasteiger partial charge >= 0.3 is 5.97 Å². The summed E-state index contributed by atoms with van der Waals surface area (Å²) in [5.74, 6) is -0.344. The molecule has 0 saturated carbocycles. The first-order valence-electron chi connectivity index (χ1n) is 4.73. The lowest BCUT2D eigenvalue weighted by molar-refractivity contribution is -0.147. The lowest BCUT2D eigenvalue weighted by atomic mass is 10.2. The number of benzene rings is 1. The Balaban J connectivity index is 2.25. The van der Waals surface area contributed by atoms with Crippen molar-refractivity contribution in [1.82, 2.24) is 5.48 Å². The highest BCUT2D eigenvalue weighted by Crippen LogP contribution is 1.99. The van der Waals surface area contributed by atoms with Crippen LogP contribution in [0.1, 0.15) is 12.5 Å². The van der Waals surface area contributed by atoms with Crippen molar-refractivity contribution in [3.63, 3.8) is 0 Å². The zero-order valence-corrected chi connectivity index (χ0v) is 8.90. The van der Waals surface area contributed by atoms with Crippen LogP contribution in [0.2, 0.25) is 0 Å². The third-order valence-electron chi connectivity index (χ3n) is 1.90. The third kappa shape index (κ3) is 4.10. The Morgan fingerprint density at radius 3 is 2.67 bits per heavy atom. The number of hydrogen-bond acceptors (Lipinski definition) is 4. The van der Waals surface area contributed by atoms with Crippen LogP contribution in [-0.4, -0.2) is 19.1 Å². The van der Waals surface area contributed by atoms with Gasteiger partial charge in [0.05, 0.1) is 13.7 Å². The van der Waals surface area contributed by atoms with Crippen LogP contribution in [0.15, 0.2) is 30.3 Å². The molecule has 0 aromatic heterocycles. The van der Waals surface area contributed by atoms with E-state index >= 15 is 0 Å². The fraction of sp³-hybridized carbons (Fsp3) is 0.364. The third-order valence-corrected chi connectivity index (χ3v) is 1.90. The summed E-state index contributed by atoms with van der Waals surface area (Å²) >= 11 is 0. The minimum Gasteiger partial charge on any atom is -0.468 e. The van der Waals surface area contributed by atoms with Crippen molar-refractivity contribution in [1.29, 1.82) is 0 Å². The molecular formula is C11H15NO3. The van der Waals surface area contributed by atoms with Gasteiger partial charge in [0.2, 0.25) is 0 Å². The predicted molar refractivity (Wildman–Crippen MR) is 55.8 cm³/mol. The average Bonchev–Trinajstić information content (AvgIpc) is 2.29. The topological polar surface area (TPSA) is 47.6 Å². The summed E-state index contributed by atoms with van der Waals surface area (Å²) in [7, 11) is 1.34. The second-order valence-corrected chi connectivity index (χ2v) is 3.14. The molecule has 15 heavy (non-hydrogen) atoms. The van der Waals surface area contributed by atoms with E-state index in [0.29, 0.717) is 6.61 Å². The fourth-order valence-corrected chi connectivity index (χ4v) is 1.05. The SMILES string of the molecule is COC(=O)C(C)NOCc1ccccc1. The molecule has 0 amide bonds. The Hall–Kier alpha value is -1.39. The van der Waals surface area contributed by atoms with Crippen LogP contribution in [0.25, 0.3) is 0 Å². The maximum Gasteiger partial charge on any atom is 0.324 e. The molecule has 0 heterocycles. The van der Waals surface area contributed by atoms with Gasteiger partial charge in [0.25, 0.3) is 0 Å². The van der Waals surface area contributed by atoms with Crippen LogP contribution < -0.4 is 5.48 Å². The second-order valence-electron chi connectivity index (χ2n) is 3.14. The van der Waals surface area contributed by atoms with Gasteiger partial charge in [-0.2, -0.15) is 5.48 Å². The number of nitrogens with one attached hydrogen (secondary N) is 1. The van der Waals surface area contributed by atoms with Gasteiger partial charge in [0, 0.05) is 0 Å². The second kappa shape index (κ2) is 6.16. The number of carbonyl (C=O) groups is 1. The van der Waals surface area contributed by atoms with E-state index in [0.717, 1.165) is 5.56 Å². The summed E-state index contributed by atoms with van der Waals surface area (Å²) in [6.07, 6.45) is 0. The van der Waals surface area contributed by atoms with Crippen molar-refractivity contribution in [2.45, 2.75) is 19.6 Å². The van der Waals surface area contributed by atoms with Crippen molar-refractivity contribution in [2.75, 3.05) is 7.11 Å². The zero-order chi connectivity index (χ0) is 11.1. The van der Waals surface area contributed by atoms with Gasteiger partial charge in [-0.25, -0.2) is 0 Å². The molecule has 0 aliphatic carbocycles. The molecule has 1 atom stereocenters. The first-order chi connectivity index (χ1) is 7.24. The molecule has 82 valence electrons. The minimum atomic E-state index is -0.460. The smallest absolute Gasteiger partial charge is 0.324 e. The molecule has 0 bridgehead atoms. The summed E-state index contributed by atoms with van der Waals surface area (Å²) in [6.45, 7) is 2.10. The average molecular weight is 209 g/mol. The highest BCUT2D eigenvalue weighted by atomic mass is 16.6. The number of hydrogen-bond donors (Lipinski definition) is 1. The van der Waals surface area contributed by atoms with Crippen molar-refractivity contribution in [2.24, 2.45) is 0 Å². The lowest BCUT2D eigenvalue weighted by Crippen LogP contribution is -2.34. The van der Waals surface area contributed by atoms with Gasteiger partial charge in [0.1, 0.15) is 6.04 Å². The summed E-state index contributed by atoms with van der Waals surface area (Å²) < 4.78 is 4.53. The molecule has 1 aromatic carbocycles. The van der Waals surface area contributed by atoms with E-state index in [2.05, 4.69) is 10.2 Å². The van der Waals surface area contributed by atoms with E-state index in [1.54, 1.807) is 6.92 Å². The number of hydroxylamine groups is 1. The van der Waals surface area contributed by atoms with E-state index in [4.69, 9.17) is 4.84 Å². The van der Waals surface area contributed by atoms with Gasteiger partial charge in [-0.05, 0) is 12.5 Å². The van der Waals surface area contributed by atoms with Crippen molar-refractivity contribution in [3.05, 3.63) is 35.9 Å². The highest BCUT2D eigenvalue weighted by molar-refractivity contribution is 5.74. The Kier molecular flexibility index (Phi) is 4.80. The molecule has 1 unspecified atom stereocenters. The zero-order valence-electron chi connectivity index (χ0n) is 8.90. The van der Waals surface area contributed by atoms with Crippen LogP contribution in [-0.2, 0) is 21.0 Å². The molecule has 0 radical (unpaired) electrons. The maximum absolute atomic E-state index is 11.0. The Morgan fingerprint density at radius 1 is 1.40 bits per heavy atom. The maximum atomic E-state index is 11.0. The van der Waals surface area contributed by atoms with Gasteiger partial charge in [-0.1, -0.05) is 30.3 Å². The molecule has 1 N–H and O–H groups in total. The molecule has 1 rings (SSSR count). The van der Waals surface area contributed by atoms with Crippen molar-refractivity contribution < 1.29 is 14.4 Å². The largest absolute Gasteiger partial charge is 0.468 e. The Labute approximate surface area is 89.1 Å². The molecule has 0 aliphatic rings. The van der Waals surface area contributed by atoms with E-state index in [1.165, 1.54) is 7.11 Å². The number of esters is 1. The molecule has 1 aromatic rings. The Morgan fingerprint density at radius 2 is 2.07 bits per heavy atom. The van der Waals surface area contributed by atoms with Crippen LogP contribution in [0.5, 0.6) is 0 Å². The fourth-order valence-electron chi connectivity index (χ4n) is 1.05. The van der Waals surface area contributed by atoms with E-state index in [-0.39, 0.29) is 5.97 Å². The van der Waals surface area contributed by atoms with Crippen LogP contribution in [0.3, 0.4) is 0 Å². The van der Waals surface area contributed by atoms with E-state index in [1.807, 2.05) is 30.3 Å². The van der Waals surface area contributed by atoms with E-state index in [9.17, 15) is 4.79 Å². The first kappa shape index (κ1) is 11.7. The molecular weight excluding hydrogens is 194 g/mol. The monoisotopic (exact) mass is 209 g/mol. The molecule has 4 heteroatoms. The van der Waals surface area contributed by atoms with Gasteiger partial charge in [0.15, 0.2) is 0 Å². The quantitative estimate of drug-likeness (QED) is 0.586. The summed E-state index contributed by atoms with van der Waals surface area (Å²) in [6, 6.07) is 9.24. The molecule has 0 fully saturated rings. The normalized spacial score (nSPS) is 12.1. The summed E-state index contributed by atoms with van der Waals surface area (Å²) in [5, 5.41) is 0. The standard InChI is InChI=1S/C11H15NO3/c1-9(11(13)14-2)12-15-8-10-6-4-3-5-7-10/h3-7,9,12H,8H2,1-2H3. The first-order valence-corrected chi connectivity index (χ1v) is 4.73.